The molecule has 1 amide bonds. The van der Waals surface area contributed by atoms with Crippen LogP contribution < -0.4 is 10.6 Å². The van der Waals surface area contributed by atoms with E-state index in [1.54, 1.807) is 11.9 Å². The Morgan fingerprint density at radius 2 is 2.14 bits per heavy atom. The SMILES string of the molecule is CN=C(NCCC1CCOCC1)NC1CCC(=O)N(C)C1. The maximum Gasteiger partial charge on any atom is 0.222 e. The molecule has 1 unspecified atom stereocenters. The van der Waals surface area contributed by atoms with Gasteiger partial charge in [-0.1, -0.05) is 0 Å². The lowest BCUT2D eigenvalue weighted by molar-refractivity contribution is -0.132. The van der Waals surface area contributed by atoms with Crippen molar-refractivity contribution >= 4 is 11.9 Å². The van der Waals surface area contributed by atoms with Gasteiger partial charge in [-0.3, -0.25) is 9.79 Å². The standard InChI is InChI=1S/C15H28N4O2/c1-16-15(17-8-5-12-6-9-21-10-7-12)18-13-3-4-14(20)19(2)11-13/h12-13H,3-11H2,1-2H3,(H2,16,17,18). The fraction of sp³-hybridized carbons (Fsp3) is 0.867. The normalized spacial score (nSPS) is 25.0. The summed E-state index contributed by atoms with van der Waals surface area (Å²) in [6.07, 6.45) is 5.00. The molecule has 2 rings (SSSR count). The van der Waals surface area contributed by atoms with Crippen LogP contribution >= 0.6 is 0 Å². The lowest BCUT2D eigenvalue weighted by Crippen LogP contribution is -2.51. The smallest absolute Gasteiger partial charge is 0.222 e. The number of hydrogen-bond acceptors (Lipinski definition) is 3. The third kappa shape index (κ3) is 5.19. The van der Waals surface area contributed by atoms with Gasteiger partial charge in [0.15, 0.2) is 5.96 Å². The average Bonchev–Trinajstić information content (AvgIpc) is 2.51. The van der Waals surface area contributed by atoms with Crippen molar-refractivity contribution in [1.82, 2.24) is 15.5 Å². The Bertz CT molecular complexity index is 367. The molecule has 21 heavy (non-hydrogen) atoms. The van der Waals surface area contributed by atoms with E-state index in [0.717, 1.165) is 51.0 Å². The minimum absolute atomic E-state index is 0.232. The van der Waals surface area contributed by atoms with Gasteiger partial charge in [-0.2, -0.15) is 0 Å². The zero-order valence-corrected chi connectivity index (χ0v) is 13.2. The first-order valence-corrected chi connectivity index (χ1v) is 7.98. The number of aliphatic imine (C=N–C) groups is 1. The molecule has 0 aromatic rings. The van der Waals surface area contributed by atoms with Gasteiger partial charge in [-0.25, -0.2) is 0 Å². The number of carbonyl (C=O) groups excluding carboxylic acids is 1. The number of hydrogen-bond donors (Lipinski definition) is 2. The van der Waals surface area contributed by atoms with Gasteiger partial charge in [0.05, 0.1) is 0 Å². The lowest BCUT2D eigenvalue weighted by Gasteiger charge is -2.31. The molecule has 2 N–H and O–H groups in total. The first kappa shape index (κ1) is 16.1. The minimum atomic E-state index is 0.232. The summed E-state index contributed by atoms with van der Waals surface area (Å²) in [5, 5.41) is 6.80. The van der Waals surface area contributed by atoms with E-state index in [0.29, 0.717) is 12.5 Å². The maximum absolute atomic E-state index is 11.5. The van der Waals surface area contributed by atoms with Crippen LogP contribution in [0.25, 0.3) is 0 Å². The molecular weight excluding hydrogens is 268 g/mol. The van der Waals surface area contributed by atoms with Crippen LogP contribution in [0.2, 0.25) is 0 Å². The molecule has 0 aromatic carbocycles. The number of nitrogens with one attached hydrogen (secondary N) is 2. The number of piperidine rings is 1. The maximum atomic E-state index is 11.5. The Balaban J connectivity index is 1.67. The number of amides is 1. The van der Waals surface area contributed by atoms with Crippen LogP contribution in [0.4, 0.5) is 0 Å². The van der Waals surface area contributed by atoms with E-state index in [2.05, 4.69) is 15.6 Å². The van der Waals surface area contributed by atoms with Gasteiger partial charge in [-0.05, 0) is 31.6 Å². The number of likely N-dealkylation sites (tertiary alicyclic amines) is 1. The molecular formula is C15H28N4O2. The third-order valence-corrected chi connectivity index (χ3v) is 4.38. The number of ether oxygens (including phenoxy) is 1. The zero-order chi connectivity index (χ0) is 15.1. The van der Waals surface area contributed by atoms with Crippen molar-refractivity contribution in [3.8, 4) is 0 Å². The first-order valence-electron chi connectivity index (χ1n) is 7.98. The number of guanidine groups is 1. The van der Waals surface area contributed by atoms with Gasteiger partial charge >= 0.3 is 0 Å². The molecule has 2 heterocycles. The Hall–Kier alpha value is -1.30. The Morgan fingerprint density at radius 1 is 1.38 bits per heavy atom. The highest BCUT2D eigenvalue weighted by atomic mass is 16.5. The van der Waals surface area contributed by atoms with Crippen LogP contribution in [0.3, 0.4) is 0 Å². The first-order chi connectivity index (χ1) is 10.2. The quantitative estimate of drug-likeness (QED) is 0.588. The number of nitrogens with zero attached hydrogens (tertiary/aromatic N) is 2. The predicted octanol–water partition coefficient (Wildman–Crippen LogP) is 0.589. The molecule has 0 spiro atoms. The molecule has 2 saturated heterocycles. The van der Waals surface area contributed by atoms with E-state index in [1.807, 2.05) is 7.05 Å². The molecule has 2 aliphatic heterocycles. The fourth-order valence-electron chi connectivity index (χ4n) is 2.95. The minimum Gasteiger partial charge on any atom is -0.381 e. The fourth-order valence-corrected chi connectivity index (χ4v) is 2.95. The number of carbonyl (C=O) groups is 1. The van der Waals surface area contributed by atoms with Crippen LogP contribution in [0.1, 0.15) is 32.1 Å². The molecule has 0 aromatic heterocycles. The van der Waals surface area contributed by atoms with Crippen molar-refractivity contribution in [3.05, 3.63) is 0 Å². The number of likely N-dealkylation sites (N-methyl/N-ethyl adjacent to an activating group) is 1. The molecule has 0 bridgehead atoms. The average molecular weight is 296 g/mol. The second-order valence-electron chi connectivity index (χ2n) is 6.00. The highest BCUT2D eigenvalue weighted by Gasteiger charge is 2.23. The molecule has 2 aliphatic rings. The predicted molar refractivity (Wildman–Crippen MR) is 83.3 cm³/mol. The summed E-state index contributed by atoms with van der Waals surface area (Å²) in [4.78, 5) is 17.5. The molecule has 2 fully saturated rings. The topological polar surface area (TPSA) is 66.0 Å². The largest absolute Gasteiger partial charge is 0.381 e. The summed E-state index contributed by atoms with van der Waals surface area (Å²) < 4.78 is 5.38. The van der Waals surface area contributed by atoms with Crippen LogP contribution in [-0.2, 0) is 9.53 Å². The van der Waals surface area contributed by atoms with Gasteiger partial charge < -0.3 is 20.3 Å². The van der Waals surface area contributed by atoms with Gasteiger partial charge in [0.2, 0.25) is 5.91 Å². The second-order valence-corrected chi connectivity index (χ2v) is 6.00. The summed E-state index contributed by atoms with van der Waals surface area (Å²) in [5.74, 6) is 1.84. The van der Waals surface area contributed by atoms with Gasteiger partial charge in [0, 0.05) is 52.9 Å². The summed E-state index contributed by atoms with van der Waals surface area (Å²) in [6, 6.07) is 0.294. The van der Waals surface area contributed by atoms with E-state index < -0.39 is 0 Å². The van der Waals surface area contributed by atoms with Crippen molar-refractivity contribution in [2.45, 2.75) is 38.1 Å². The molecule has 0 radical (unpaired) electrons. The van der Waals surface area contributed by atoms with E-state index in [-0.39, 0.29) is 5.91 Å². The molecule has 120 valence electrons. The summed E-state index contributed by atoms with van der Waals surface area (Å²) in [6.45, 7) is 3.49. The molecule has 6 nitrogen and oxygen atoms in total. The van der Waals surface area contributed by atoms with Crippen LogP contribution in [0.5, 0.6) is 0 Å². The molecule has 0 aliphatic carbocycles. The Labute approximate surface area is 127 Å². The van der Waals surface area contributed by atoms with Crippen LogP contribution in [0, 0.1) is 5.92 Å². The van der Waals surface area contributed by atoms with E-state index in [1.165, 1.54) is 12.8 Å². The van der Waals surface area contributed by atoms with Gasteiger partial charge in [-0.15, -0.1) is 0 Å². The summed E-state index contributed by atoms with van der Waals surface area (Å²) in [5.41, 5.74) is 0. The molecule has 0 saturated carbocycles. The van der Waals surface area contributed by atoms with E-state index in [9.17, 15) is 4.79 Å². The third-order valence-electron chi connectivity index (χ3n) is 4.38. The Kier molecular flexibility index (Phi) is 6.29. The summed E-state index contributed by atoms with van der Waals surface area (Å²) >= 11 is 0. The van der Waals surface area contributed by atoms with E-state index >= 15 is 0 Å². The Morgan fingerprint density at radius 3 is 2.81 bits per heavy atom. The zero-order valence-electron chi connectivity index (χ0n) is 13.2. The van der Waals surface area contributed by atoms with Crippen molar-refractivity contribution in [3.63, 3.8) is 0 Å². The number of rotatable bonds is 4. The highest BCUT2D eigenvalue weighted by molar-refractivity contribution is 5.81. The van der Waals surface area contributed by atoms with Crippen molar-refractivity contribution < 1.29 is 9.53 Å². The molecule has 6 heteroatoms. The van der Waals surface area contributed by atoms with Gasteiger partial charge in [0.25, 0.3) is 0 Å². The van der Waals surface area contributed by atoms with Crippen molar-refractivity contribution in [2.75, 3.05) is 40.4 Å². The van der Waals surface area contributed by atoms with Crippen LogP contribution in [-0.4, -0.2) is 63.2 Å². The van der Waals surface area contributed by atoms with Crippen molar-refractivity contribution in [1.29, 1.82) is 0 Å². The summed E-state index contributed by atoms with van der Waals surface area (Å²) in [7, 11) is 3.65. The van der Waals surface area contributed by atoms with E-state index in [4.69, 9.17) is 4.74 Å². The second kappa shape index (κ2) is 8.22. The van der Waals surface area contributed by atoms with Gasteiger partial charge in [0.1, 0.15) is 0 Å². The highest BCUT2D eigenvalue weighted by Crippen LogP contribution is 2.17. The van der Waals surface area contributed by atoms with Crippen LogP contribution in [0.15, 0.2) is 4.99 Å². The lowest BCUT2D eigenvalue weighted by atomic mass is 9.97. The monoisotopic (exact) mass is 296 g/mol. The molecule has 1 atom stereocenters. The van der Waals surface area contributed by atoms with Crippen molar-refractivity contribution in [2.24, 2.45) is 10.9 Å².